The molecule has 7 heteroatoms. The van der Waals surface area contributed by atoms with Crippen LogP contribution in [0.5, 0.6) is 0 Å². The lowest BCUT2D eigenvalue weighted by atomic mass is 10.1. The lowest BCUT2D eigenvalue weighted by Gasteiger charge is -2.14. The van der Waals surface area contributed by atoms with E-state index in [9.17, 15) is 8.42 Å². The summed E-state index contributed by atoms with van der Waals surface area (Å²) < 4.78 is 27.3. The summed E-state index contributed by atoms with van der Waals surface area (Å²) in [6.07, 6.45) is 2.83. The van der Waals surface area contributed by atoms with Gasteiger partial charge in [-0.1, -0.05) is 17.7 Å². The number of nitrogens with zero attached hydrogens (tertiary/aromatic N) is 1. The topological polar surface area (TPSA) is 85.1 Å². The Kier molecular flexibility index (Phi) is 3.87. The molecule has 0 aliphatic carbocycles. The van der Waals surface area contributed by atoms with Gasteiger partial charge in [0.1, 0.15) is 4.90 Å². The van der Waals surface area contributed by atoms with Crippen LogP contribution in [-0.2, 0) is 10.0 Å². The van der Waals surface area contributed by atoms with E-state index in [4.69, 9.17) is 17.3 Å². The smallest absolute Gasteiger partial charge is 0.264 e. The number of halogens is 1. The zero-order chi connectivity index (χ0) is 14.9. The molecule has 0 saturated carbocycles. The number of hydrogen-bond acceptors (Lipinski definition) is 4. The van der Waals surface area contributed by atoms with E-state index in [1.165, 1.54) is 18.5 Å². The Morgan fingerprint density at radius 2 is 1.95 bits per heavy atom. The highest BCUT2D eigenvalue weighted by Crippen LogP contribution is 2.29. The van der Waals surface area contributed by atoms with Gasteiger partial charge in [0.05, 0.1) is 22.6 Å². The van der Waals surface area contributed by atoms with Crippen molar-refractivity contribution in [3.63, 3.8) is 0 Å². The second-order valence-corrected chi connectivity index (χ2v) is 6.41. The predicted molar refractivity (Wildman–Crippen MR) is 80.4 cm³/mol. The first-order valence-electron chi connectivity index (χ1n) is 5.81. The number of aromatic nitrogens is 1. The molecule has 1 aromatic carbocycles. The molecule has 0 aliphatic heterocycles. The second-order valence-electron chi connectivity index (χ2n) is 4.39. The molecule has 3 N–H and O–H groups in total. The molecule has 2 rings (SSSR count). The van der Waals surface area contributed by atoms with Gasteiger partial charge in [-0.3, -0.25) is 9.71 Å². The van der Waals surface area contributed by atoms with Crippen LogP contribution in [0.1, 0.15) is 11.1 Å². The molecule has 2 aromatic rings. The van der Waals surface area contributed by atoms with Crippen LogP contribution in [0.4, 0.5) is 11.4 Å². The molecule has 0 saturated heterocycles. The minimum atomic E-state index is -3.82. The lowest BCUT2D eigenvalue weighted by molar-refractivity contribution is 0.601. The van der Waals surface area contributed by atoms with Crippen molar-refractivity contribution in [2.45, 2.75) is 18.7 Å². The van der Waals surface area contributed by atoms with Crippen molar-refractivity contribution in [1.29, 1.82) is 0 Å². The first-order chi connectivity index (χ1) is 9.33. The third-order valence-electron chi connectivity index (χ3n) is 2.99. The third kappa shape index (κ3) is 2.71. The van der Waals surface area contributed by atoms with Crippen LogP contribution < -0.4 is 10.5 Å². The minimum Gasteiger partial charge on any atom is -0.398 e. The molecule has 1 aromatic heterocycles. The van der Waals surface area contributed by atoms with Crippen molar-refractivity contribution in [3.8, 4) is 0 Å². The van der Waals surface area contributed by atoms with Crippen LogP contribution in [-0.4, -0.2) is 13.4 Å². The van der Waals surface area contributed by atoms with Crippen molar-refractivity contribution in [1.82, 2.24) is 4.98 Å². The highest BCUT2D eigenvalue weighted by atomic mass is 35.5. The van der Waals surface area contributed by atoms with E-state index in [1.54, 1.807) is 19.1 Å². The Morgan fingerprint density at radius 1 is 1.25 bits per heavy atom. The average Bonchev–Trinajstić information content (AvgIpc) is 2.37. The van der Waals surface area contributed by atoms with Gasteiger partial charge in [0.2, 0.25) is 0 Å². The maximum Gasteiger partial charge on any atom is 0.264 e. The van der Waals surface area contributed by atoms with Gasteiger partial charge < -0.3 is 5.73 Å². The molecular formula is C13H14ClN3O2S. The Hall–Kier alpha value is -1.79. The molecule has 20 heavy (non-hydrogen) atoms. The number of pyridine rings is 1. The first-order valence-corrected chi connectivity index (χ1v) is 7.67. The predicted octanol–water partition coefficient (Wildman–Crippen LogP) is 2.73. The van der Waals surface area contributed by atoms with Crippen molar-refractivity contribution in [2.75, 3.05) is 10.5 Å². The van der Waals surface area contributed by atoms with E-state index < -0.39 is 10.0 Å². The molecule has 0 amide bonds. The molecule has 106 valence electrons. The fourth-order valence-corrected chi connectivity index (χ4v) is 3.52. The van der Waals surface area contributed by atoms with E-state index in [-0.39, 0.29) is 21.3 Å². The van der Waals surface area contributed by atoms with Crippen molar-refractivity contribution in [3.05, 3.63) is 46.7 Å². The van der Waals surface area contributed by atoms with Gasteiger partial charge in [-0.05, 0) is 37.1 Å². The molecule has 0 bridgehead atoms. The third-order valence-corrected chi connectivity index (χ3v) is 4.89. The van der Waals surface area contributed by atoms with Gasteiger partial charge in [0, 0.05) is 6.20 Å². The van der Waals surface area contributed by atoms with Gasteiger partial charge >= 0.3 is 0 Å². The van der Waals surface area contributed by atoms with Crippen molar-refractivity contribution >= 4 is 33.0 Å². The minimum absolute atomic E-state index is 0.0671. The molecule has 5 nitrogen and oxygen atoms in total. The highest BCUT2D eigenvalue weighted by Gasteiger charge is 2.22. The number of nitrogens with one attached hydrogen (secondary N) is 1. The average molecular weight is 312 g/mol. The van der Waals surface area contributed by atoms with E-state index in [2.05, 4.69) is 9.71 Å². The molecule has 0 unspecified atom stereocenters. The highest BCUT2D eigenvalue weighted by molar-refractivity contribution is 7.93. The Labute approximate surface area is 122 Å². The number of benzene rings is 1. The SMILES string of the molecule is Cc1ccc(N)c(S(=O)(=O)Nc2cnccc2Cl)c1C. The number of nitrogen functional groups attached to an aromatic ring is 1. The lowest BCUT2D eigenvalue weighted by Crippen LogP contribution is -2.17. The maximum absolute atomic E-state index is 12.5. The van der Waals surface area contributed by atoms with E-state index in [0.29, 0.717) is 5.56 Å². The van der Waals surface area contributed by atoms with Gasteiger partial charge in [-0.25, -0.2) is 8.42 Å². The summed E-state index contributed by atoms with van der Waals surface area (Å²) in [6, 6.07) is 4.86. The number of aryl methyl sites for hydroxylation is 1. The van der Waals surface area contributed by atoms with Crippen molar-refractivity contribution < 1.29 is 8.42 Å². The van der Waals surface area contributed by atoms with E-state index in [0.717, 1.165) is 5.56 Å². The molecule has 0 aliphatic rings. The Bertz CT molecular complexity index is 760. The second kappa shape index (κ2) is 5.30. The normalized spacial score (nSPS) is 11.3. The van der Waals surface area contributed by atoms with Crippen LogP contribution in [0, 0.1) is 13.8 Å². The van der Waals surface area contributed by atoms with Gasteiger partial charge in [-0.2, -0.15) is 0 Å². The fraction of sp³-hybridized carbons (Fsp3) is 0.154. The molecule has 0 atom stereocenters. The van der Waals surface area contributed by atoms with Gasteiger partial charge in [0.25, 0.3) is 10.0 Å². The standard InChI is InChI=1S/C13H14ClN3O2S/c1-8-3-4-11(15)13(9(8)2)20(18,19)17-12-7-16-6-5-10(12)14/h3-7,17H,15H2,1-2H3. The number of anilines is 2. The van der Waals surface area contributed by atoms with Crippen LogP contribution in [0.25, 0.3) is 0 Å². The van der Waals surface area contributed by atoms with Crippen LogP contribution in [0.15, 0.2) is 35.5 Å². The first kappa shape index (κ1) is 14.6. The number of hydrogen-bond donors (Lipinski definition) is 2. The van der Waals surface area contributed by atoms with E-state index in [1.807, 2.05) is 6.92 Å². The van der Waals surface area contributed by atoms with Crippen LogP contribution in [0.3, 0.4) is 0 Å². The number of sulfonamides is 1. The van der Waals surface area contributed by atoms with Crippen LogP contribution in [0.2, 0.25) is 5.02 Å². The summed E-state index contributed by atoms with van der Waals surface area (Å²) in [6.45, 7) is 3.54. The maximum atomic E-state index is 12.5. The molecular weight excluding hydrogens is 298 g/mol. The summed E-state index contributed by atoms with van der Waals surface area (Å²) >= 11 is 5.93. The Balaban J connectivity index is 2.52. The summed E-state index contributed by atoms with van der Waals surface area (Å²) in [7, 11) is -3.82. The van der Waals surface area contributed by atoms with E-state index >= 15 is 0 Å². The van der Waals surface area contributed by atoms with Gasteiger partial charge in [0.15, 0.2) is 0 Å². The monoisotopic (exact) mass is 311 g/mol. The number of rotatable bonds is 3. The largest absolute Gasteiger partial charge is 0.398 e. The molecule has 0 fully saturated rings. The number of nitrogens with two attached hydrogens (primary N) is 1. The molecule has 0 radical (unpaired) electrons. The quantitative estimate of drug-likeness (QED) is 0.853. The summed E-state index contributed by atoms with van der Waals surface area (Å²) in [5, 5.41) is 0.271. The van der Waals surface area contributed by atoms with Gasteiger partial charge in [-0.15, -0.1) is 0 Å². The summed E-state index contributed by atoms with van der Waals surface area (Å²) in [4.78, 5) is 3.91. The molecule has 0 spiro atoms. The van der Waals surface area contributed by atoms with Crippen molar-refractivity contribution in [2.24, 2.45) is 0 Å². The summed E-state index contributed by atoms with van der Waals surface area (Å²) in [5.41, 5.74) is 7.67. The zero-order valence-electron chi connectivity index (χ0n) is 11.0. The summed E-state index contributed by atoms with van der Waals surface area (Å²) in [5.74, 6) is 0. The Morgan fingerprint density at radius 3 is 2.60 bits per heavy atom. The fourth-order valence-electron chi connectivity index (χ4n) is 1.82. The molecule has 1 heterocycles. The van der Waals surface area contributed by atoms with Crippen LogP contribution >= 0.6 is 11.6 Å². The zero-order valence-corrected chi connectivity index (χ0v) is 12.6.